The highest BCUT2D eigenvalue weighted by atomic mass is 32.2. The van der Waals surface area contributed by atoms with Crippen LogP contribution in [0.15, 0.2) is 39.9 Å². The van der Waals surface area contributed by atoms with Gasteiger partial charge in [-0.2, -0.15) is 4.31 Å². The number of aryl methyl sites for hydroxylation is 2. The molecule has 1 aromatic heterocycles. The topological polar surface area (TPSA) is 66.5 Å². The van der Waals surface area contributed by atoms with Crippen molar-refractivity contribution in [2.75, 3.05) is 13.1 Å². The average molecular weight is 379 g/mol. The molecule has 2 heterocycles. The highest BCUT2D eigenvalue weighted by Gasteiger charge is 2.35. The highest BCUT2D eigenvalue weighted by Crippen LogP contribution is 2.28. The molecule has 2 aromatic rings. The monoisotopic (exact) mass is 378 g/mol. The zero-order valence-corrected chi connectivity index (χ0v) is 16.0. The highest BCUT2D eigenvalue weighted by molar-refractivity contribution is 7.91. The maximum Gasteiger partial charge on any atom is 0.252 e. The lowest BCUT2D eigenvalue weighted by Gasteiger charge is -2.23. The lowest BCUT2D eigenvalue weighted by molar-refractivity contribution is 0.0946. The molecule has 0 saturated carbocycles. The van der Waals surface area contributed by atoms with Crippen molar-refractivity contribution in [3.05, 3.63) is 52.4 Å². The number of nitrogens with one attached hydrogen (secondary N) is 1. The minimum absolute atomic E-state index is 0.163. The van der Waals surface area contributed by atoms with Crippen LogP contribution in [0, 0.1) is 13.8 Å². The maximum absolute atomic E-state index is 12.7. The summed E-state index contributed by atoms with van der Waals surface area (Å²) in [6.45, 7) is 4.81. The molecule has 0 radical (unpaired) electrons. The Hall–Kier alpha value is -1.70. The molecule has 0 spiro atoms. The number of carbonyl (C=O) groups excluding carboxylic acids is 1. The summed E-state index contributed by atoms with van der Waals surface area (Å²) in [7, 11) is -3.47. The van der Waals surface area contributed by atoms with Crippen molar-refractivity contribution < 1.29 is 13.2 Å². The Morgan fingerprint density at radius 1 is 1.28 bits per heavy atom. The summed E-state index contributed by atoms with van der Waals surface area (Å²) in [6, 6.07) is 8.76. The first-order chi connectivity index (χ1) is 11.9. The summed E-state index contributed by atoms with van der Waals surface area (Å²) >= 11 is 1.23. The second-order valence-electron chi connectivity index (χ2n) is 6.35. The Kier molecular flexibility index (Phi) is 5.27. The molecule has 1 saturated heterocycles. The van der Waals surface area contributed by atoms with Crippen LogP contribution in [0.3, 0.4) is 0 Å². The van der Waals surface area contributed by atoms with Gasteiger partial charge >= 0.3 is 0 Å². The Morgan fingerprint density at radius 3 is 2.76 bits per heavy atom. The number of sulfonamides is 1. The molecule has 1 aliphatic heterocycles. The summed E-state index contributed by atoms with van der Waals surface area (Å²) in [5.74, 6) is -0.163. The average Bonchev–Trinajstić information content (AvgIpc) is 3.27. The molecule has 1 aliphatic rings. The molecule has 0 bridgehead atoms. The van der Waals surface area contributed by atoms with E-state index < -0.39 is 10.0 Å². The second-order valence-corrected chi connectivity index (χ2v) is 9.42. The number of amides is 1. The molecule has 3 rings (SSSR count). The van der Waals surface area contributed by atoms with E-state index in [0.29, 0.717) is 22.9 Å². The first kappa shape index (κ1) is 18.1. The van der Waals surface area contributed by atoms with Crippen LogP contribution in [0.1, 0.15) is 34.3 Å². The first-order valence-corrected chi connectivity index (χ1v) is 10.6. The Bertz CT molecular complexity index is 860. The van der Waals surface area contributed by atoms with Crippen molar-refractivity contribution in [1.82, 2.24) is 9.62 Å². The van der Waals surface area contributed by atoms with Gasteiger partial charge in [-0.05, 0) is 61.4 Å². The normalized spacial score (nSPS) is 18.4. The fraction of sp³-hybridized carbons (Fsp3) is 0.389. The van der Waals surface area contributed by atoms with Crippen LogP contribution in [0.4, 0.5) is 0 Å². The zero-order valence-electron chi connectivity index (χ0n) is 14.4. The SMILES string of the molecule is Cc1ccc(C(=O)NC[C@H]2CCCN2S(=O)(=O)c2cccs2)cc1C. The summed E-state index contributed by atoms with van der Waals surface area (Å²) in [4.78, 5) is 12.4. The van der Waals surface area contributed by atoms with Gasteiger partial charge in [0.1, 0.15) is 4.21 Å². The van der Waals surface area contributed by atoms with Crippen molar-refractivity contribution in [3.8, 4) is 0 Å². The van der Waals surface area contributed by atoms with E-state index in [0.717, 1.165) is 24.0 Å². The van der Waals surface area contributed by atoms with Crippen molar-refractivity contribution >= 4 is 27.3 Å². The molecule has 5 nitrogen and oxygen atoms in total. The predicted molar refractivity (Wildman–Crippen MR) is 99.5 cm³/mol. The van der Waals surface area contributed by atoms with Gasteiger partial charge in [-0.1, -0.05) is 12.1 Å². The molecule has 1 atom stereocenters. The van der Waals surface area contributed by atoms with E-state index >= 15 is 0 Å². The van der Waals surface area contributed by atoms with E-state index in [1.807, 2.05) is 26.0 Å². The molecular weight excluding hydrogens is 356 g/mol. The second kappa shape index (κ2) is 7.27. The Labute approximate surface area is 152 Å². The lowest BCUT2D eigenvalue weighted by atomic mass is 10.1. The minimum atomic E-state index is -3.47. The third-order valence-corrected chi connectivity index (χ3v) is 7.97. The molecule has 1 fully saturated rings. The number of hydrogen-bond acceptors (Lipinski definition) is 4. The fourth-order valence-corrected chi connectivity index (χ4v) is 5.86. The predicted octanol–water partition coefficient (Wildman–Crippen LogP) is 2.95. The molecule has 1 N–H and O–H groups in total. The maximum atomic E-state index is 12.7. The van der Waals surface area contributed by atoms with Crippen LogP contribution in [0.5, 0.6) is 0 Å². The van der Waals surface area contributed by atoms with Crippen molar-refractivity contribution in [1.29, 1.82) is 0 Å². The molecule has 1 aromatic carbocycles. The molecule has 0 aliphatic carbocycles. The Morgan fingerprint density at radius 2 is 2.08 bits per heavy atom. The van der Waals surface area contributed by atoms with Crippen LogP contribution in [0.2, 0.25) is 0 Å². The summed E-state index contributed by atoms with van der Waals surface area (Å²) in [6.07, 6.45) is 1.58. The van der Waals surface area contributed by atoms with Gasteiger partial charge in [0.15, 0.2) is 0 Å². The van der Waals surface area contributed by atoms with Crippen molar-refractivity contribution in [2.45, 2.75) is 36.9 Å². The summed E-state index contributed by atoms with van der Waals surface area (Å²) in [5, 5.41) is 4.66. The molecule has 134 valence electrons. The summed E-state index contributed by atoms with van der Waals surface area (Å²) in [5.41, 5.74) is 2.81. The number of thiophene rings is 1. The van der Waals surface area contributed by atoms with Crippen molar-refractivity contribution in [2.24, 2.45) is 0 Å². The quantitative estimate of drug-likeness (QED) is 0.870. The number of rotatable bonds is 5. The van der Waals surface area contributed by atoms with Gasteiger partial charge in [-0.15, -0.1) is 11.3 Å². The number of hydrogen-bond donors (Lipinski definition) is 1. The van der Waals surface area contributed by atoms with E-state index in [4.69, 9.17) is 0 Å². The van der Waals surface area contributed by atoms with E-state index in [2.05, 4.69) is 5.32 Å². The first-order valence-electron chi connectivity index (χ1n) is 8.30. The van der Waals surface area contributed by atoms with Gasteiger partial charge in [0.25, 0.3) is 15.9 Å². The van der Waals surface area contributed by atoms with E-state index in [1.165, 1.54) is 15.6 Å². The smallest absolute Gasteiger partial charge is 0.252 e. The summed E-state index contributed by atoms with van der Waals surface area (Å²) < 4.78 is 27.3. The number of carbonyl (C=O) groups is 1. The van der Waals surface area contributed by atoms with Crippen LogP contribution in [-0.4, -0.2) is 37.8 Å². The van der Waals surface area contributed by atoms with E-state index in [-0.39, 0.29) is 11.9 Å². The molecule has 0 unspecified atom stereocenters. The zero-order chi connectivity index (χ0) is 18.0. The fourth-order valence-electron chi connectivity index (χ4n) is 3.05. The number of nitrogens with zero attached hydrogens (tertiary/aromatic N) is 1. The van der Waals surface area contributed by atoms with E-state index in [9.17, 15) is 13.2 Å². The molecule has 1 amide bonds. The lowest BCUT2D eigenvalue weighted by Crippen LogP contribution is -2.42. The van der Waals surface area contributed by atoms with Gasteiger partial charge in [0, 0.05) is 24.7 Å². The van der Waals surface area contributed by atoms with Crippen LogP contribution >= 0.6 is 11.3 Å². The largest absolute Gasteiger partial charge is 0.350 e. The van der Waals surface area contributed by atoms with Crippen LogP contribution in [-0.2, 0) is 10.0 Å². The van der Waals surface area contributed by atoms with Gasteiger partial charge in [0.05, 0.1) is 0 Å². The van der Waals surface area contributed by atoms with Gasteiger partial charge in [-0.25, -0.2) is 8.42 Å². The number of benzene rings is 1. The van der Waals surface area contributed by atoms with Crippen LogP contribution < -0.4 is 5.32 Å². The molecule has 7 heteroatoms. The van der Waals surface area contributed by atoms with Gasteiger partial charge < -0.3 is 5.32 Å². The standard InChI is InChI=1S/C18H22N2O3S2/c1-13-7-8-15(11-14(13)2)18(21)19-12-16-5-3-9-20(16)25(22,23)17-6-4-10-24-17/h4,6-8,10-11,16H,3,5,9,12H2,1-2H3,(H,19,21)/t16-/m1/s1. The van der Waals surface area contributed by atoms with Gasteiger partial charge in [0.2, 0.25) is 0 Å². The van der Waals surface area contributed by atoms with E-state index in [1.54, 1.807) is 23.6 Å². The third-order valence-electron chi connectivity index (χ3n) is 4.65. The van der Waals surface area contributed by atoms with Crippen molar-refractivity contribution in [3.63, 3.8) is 0 Å². The van der Waals surface area contributed by atoms with Crippen LogP contribution in [0.25, 0.3) is 0 Å². The van der Waals surface area contributed by atoms with Gasteiger partial charge in [-0.3, -0.25) is 4.79 Å². The third kappa shape index (κ3) is 3.78. The molecular formula is C18H22N2O3S2. The minimum Gasteiger partial charge on any atom is -0.350 e. The Balaban J connectivity index is 1.68. The molecule has 25 heavy (non-hydrogen) atoms.